The lowest BCUT2D eigenvalue weighted by Gasteiger charge is -2.09. The molecule has 0 saturated carbocycles. The van der Waals surface area contributed by atoms with E-state index in [9.17, 15) is 0 Å². The molecule has 5 rings (SSSR count). The first kappa shape index (κ1) is 17.0. The lowest BCUT2D eigenvalue weighted by molar-refractivity contribution is 0.483. The van der Waals surface area contributed by atoms with Gasteiger partial charge < -0.3 is 10.5 Å². The second-order valence-corrected chi connectivity index (χ2v) is 6.75. The van der Waals surface area contributed by atoms with Crippen LogP contribution in [0.25, 0.3) is 33.4 Å². The Kier molecular flexibility index (Phi) is 4.18. The minimum absolute atomic E-state index is 0.727. The van der Waals surface area contributed by atoms with Crippen molar-refractivity contribution in [3.05, 3.63) is 91.1 Å². The first-order valence-electron chi connectivity index (χ1n) is 9.30. The van der Waals surface area contributed by atoms with Gasteiger partial charge in [0.15, 0.2) is 0 Å². The van der Waals surface area contributed by atoms with Gasteiger partial charge in [-0.15, -0.1) is 0 Å². The van der Waals surface area contributed by atoms with Gasteiger partial charge in [0.1, 0.15) is 11.5 Å². The summed E-state index contributed by atoms with van der Waals surface area (Å²) >= 11 is 0. The smallest absolute Gasteiger partial charge is 0.127 e. The zero-order valence-corrected chi connectivity index (χ0v) is 15.5. The van der Waals surface area contributed by atoms with Crippen molar-refractivity contribution in [1.29, 1.82) is 0 Å². The molecule has 0 fully saturated rings. The fourth-order valence-corrected chi connectivity index (χ4v) is 3.27. The highest BCUT2D eigenvalue weighted by atomic mass is 16.5. The second-order valence-electron chi connectivity index (χ2n) is 6.75. The summed E-state index contributed by atoms with van der Waals surface area (Å²) in [5.41, 5.74) is 11.2. The van der Waals surface area contributed by atoms with Gasteiger partial charge in [-0.1, -0.05) is 30.3 Å². The molecule has 29 heavy (non-hydrogen) atoms. The Morgan fingerprint density at radius 1 is 0.759 bits per heavy atom. The standard InChI is InChI=1S/C24H18N4O/c25-18-10-6-16(7-11-18)22-14-23-21(15-26-28-23)24(27-22)17-8-12-20(13-9-17)29-19-4-2-1-3-5-19/h1-15H,25H2,(H,26,28). The number of nitrogens with two attached hydrogens (primary N) is 1. The summed E-state index contributed by atoms with van der Waals surface area (Å²) in [6.45, 7) is 0. The molecule has 3 N–H and O–H groups in total. The highest BCUT2D eigenvalue weighted by Gasteiger charge is 2.12. The lowest BCUT2D eigenvalue weighted by atomic mass is 10.0. The number of nitrogens with one attached hydrogen (secondary N) is 1. The molecule has 0 aliphatic rings. The Hall–Kier alpha value is -4.12. The molecule has 5 aromatic rings. The van der Waals surface area contributed by atoms with Crippen molar-refractivity contribution in [2.75, 3.05) is 5.73 Å². The molecule has 0 unspecified atom stereocenters. The second kappa shape index (κ2) is 7.13. The van der Waals surface area contributed by atoms with Crippen LogP contribution in [0.15, 0.2) is 91.1 Å². The normalized spacial score (nSPS) is 10.9. The highest BCUT2D eigenvalue weighted by molar-refractivity contribution is 5.94. The maximum Gasteiger partial charge on any atom is 0.127 e. The Labute approximate surface area is 167 Å². The highest BCUT2D eigenvalue weighted by Crippen LogP contribution is 2.32. The Bertz CT molecular complexity index is 1260. The van der Waals surface area contributed by atoms with Crippen molar-refractivity contribution < 1.29 is 4.74 Å². The number of H-pyrrole nitrogens is 1. The Balaban J connectivity index is 1.54. The SMILES string of the molecule is Nc1ccc(-c2cc3[nH]ncc3c(-c3ccc(Oc4ccccc4)cc3)n2)cc1. The van der Waals surface area contributed by atoms with Crippen molar-refractivity contribution in [2.45, 2.75) is 0 Å². The monoisotopic (exact) mass is 378 g/mol. The van der Waals surface area contributed by atoms with Crippen LogP contribution in [0, 0.1) is 0 Å². The van der Waals surface area contributed by atoms with E-state index in [-0.39, 0.29) is 0 Å². The quantitative estimate of drug-likeness (QED) is 0.395. The van der Waals surface area contributed by atoms with E-state index in [1.54, 1.807) is 6.20 Å². The molecule has 0 aliphatic carbocycles. The number of para-hydroxylation sites is 1. The molecule has 5 nitrogen and oxygen atoms in total. The number of hydrogen-bond acceptors (Lipinski definition) is 4. The molecule has 0 spiro atoms. The maximum atomic E-state index is 5.90. The van der Waals surface area contributed by atoms with Gasteiger partial charge in [0.05, 0.1) is 23.1 Å². The predicted octanol–water partition coefficient (Wildman–Crippen LogP) is 5.67. The summed E-state index contributed by atoms with van der Waals surface area (Å²) in [6.07, 6.45) is 1.80. The lowest BCUT2D eigenvalue weighted by Crippen LogP contribution is -1.91. The van der Waals surface area contributed by atoms with Crippen LogP contribution in [0.4, 0.5) is 5.69 Å². The van der Waals surface area contributed by atoms with Crippen molar-refractivity contribution >= 4 is 16.6 Å². The molecule has 0 radical (unpaired) electrons. The largest absolute Gasteiger partial charge is 0.457 e. The van der Waals surface area contributed by atoms with E-state index >= 15 is 0 Å². The van der Waals surface area contributed by atoms with Crippen LogP contribution < -0.4 is 10.5 Å². The van der Waals surface area contributed by atoms with E-state index in [1.807, 2.05) is 84.9 Å². The van der Waals surface area contributed by atoms with Crippen molar-refractivity contribution in [2.24, 2.45) is 0 Å². The van der Waals surface area contributed by atoms with Gasteiger partial charge in [0.25, 0.3) is 0 Å². The molecule has 3 aromatic carbocycles. The third-order valence-electron chi connectivity index (χ3n) is 4.75. The summed E-state index contributed by atoms with van der Waals surface area (Å²) in [4.78, 5) is 4.92. The fourth-order valence-electron chi connectivity index (χ4n) is 3.27. The molecule has 2 heterocycles. The number of ether oxygens (including phenoxy) is 1. The number of rotatable bonds is 4. The Morgan fingerprint density at radius 2 is 1.45 bits per heavy atom. The summed E-state index contributed by atoms with van der Waals surface area (Å²) in [7, 11) is 0. The summed E-state index contributed by atoms with van der Waals surface area (Å²) in [5, 5.41) is 8.23. The average Bonchev–Trinajstić information content (AvgIpc) is 3.24. The number of pyridine rings is 1. The van der Waals surface area contributed by atoms with Gasteiger partial charge in [-0.3, -0.25) is 5.10 Å². The number of benzene rings is 3. The minimum Gasteiger partial charge on any atom is -0.457 e. The molecule has 0 aliphatic heterocycles. The maximum absolute atomic E-state index is 5.90. The summed E-state index contributed by atoms with van der Waals surface area (Å²) in [6, 6.07) is 27.4. The van der Waals surface area contributed by atoms with Crippen LogP contribution >= 0.6 is 0 Å². The molecule has 0 bridgehead atoms. The van der Waals surface area contributed by atoms with E-state index in [1.165, 1.54) is 0 Å². The number of fused-ring (bicyclic) bond motifs is 1. The van der Waals surface area contributed by atoms with E-state index in [2.05, 4.69) is 10.2 Å². The van der Waals surface area contributed by atoms with Gasteiger partial charge >= 0.3 is 0 Å². The number of aromatic amines is 1. The van der Waals surface area contributed by atoms with Gasteiger partial charge in [-0.2, -0.15) is 5.10 Å². The molecule has 2 aromatic heterocycles. The van der Waals surface area contributed by atoms with E-state index in [0.29, 0.717) is 0 Å². The van der Waals surface area contributed by atoms with Crippen LogP contribution in [-0.4, -0.2) is 15.2 Å². The third kappa shape index (κ3) is 3.41. The van der Waals surface area contributed by atoms with Crippen LogP contribution in [0.2, 0.25) is 0 Å². The first-order chi connectivity index (χ1) is 14.3. The van der Waals surface area contributed by atoms with E-state index < -0.39 is 0 Å². The molecule has 5 heteroatoms. The number of hydrogen-bond donors (Lipinski definition) is 2. The molecule has 140 valence electrons. The summed E-state index contributed by atoms with van der Waals surface area (Å²) in [5.74, 6) is 1.58. The topological polar surface area (TPSA) is 76.8 Å². The predicted molar refractivity (Wildman–Crippen MR) is 116 cm³/mol. The number of anilines is 1. The summed E-state index contributed by atoms with van der Waals surface area (Å²) < 4.78 is 5.90. The van der Waals surface area contributed by atoms with Gasteiger partial charge in [0.2, 0.25) is 0 Å². The first-order valence-corrected chi connectivity index (χ1v) is 9.30. The van der Waals surface area contributed by atoms with Crippen LogP contribution in [0.5, 0.6) is 11.5 Å². The molecule has 0 atom stereocenters. The third-order valence-corrected chi connectivity index (χ3v) is 4.75. The van der Waals surface area contributed by atoms with Crippen LogP contribution in [0.1, 0.15) is 0 Å². The average molecular weight is 378 g/mol. The van der Waals surface area contributed by atoms with E-state index in [4.69, 9.17) is 15.5 Å². The molecule has 0 saturated heterocycles. The molecular formula is C24H18N4O. The van der Waals surface area contributed by atoms with Crippen LogP contribution in [0.3, 0.4) is 0 Å². The van der Waals surface area contributed by atoms with Gasteiger partial charge in [0, 0.05) is 22.2 Å². The molecular weight excluding hydrogens is 360 g/mol. The fraction of sp³-hybridized carbons (Fsp3) is 0. The zero-order valence-electron chi connectivity index (χ0n) is 15.5. The van der Waals surface area contributed by atoms with E-state index in [0.717, 1.165) is 50.6 Å². The van der Waals surface area contributed by atoms with Crippen molar-refractivity contribution in [3.63, 3.8) is 0 Å². The zero-order chi connectivity index (χ0) is 19.6. The Morgan fingerprint density at radius 3 is 2.21 bits per heavy atom. The minimum atomic E-state index is 0.727. The number of nitrogens with zero attached hydrogens (tertiary/aromatic N) is 2. The van der Waals surface area contributed by atoms with Gasteiger partial charge in [-0.25, -0.2) is 4.98 Å². The van der Waals surface area contributed by atoms with Crippen LogP contribution in [-0.2, 0) is 0 Å². The molecule has 0 amide bonds. The van der Waals surface area contributed by atoms with Crippen molar-refractivity contribution in [1.82, 2.24) is 15.2 Å². The van der Waals surface area contributed by atoms with Crippen molar-refractivity contribution in [3.8, 4) is 34.0 Å². The van der Waals surface area contributed by atoms with Gasteiger partial charge in [-0.05, 0) is 54.6 Å². The number of aromatic nitrogens is 3. The number of nitrogen functional groups attached to an aromatic ring is 1.